The summed E-state index contributed by atoms with van der Waals surface area (Å²) >= 11 is 0. The van der Waals surface area contributed by atoms with E-state index in [9.17, 15) is 13.6 Å². The molecule has 0 heterocycles. The number of hydrogen-bond donors (Lipinski definition) is 3. The minimum absolute atomic E-state index is 0. The molecule has 0 fully saturated rings. The molecule has 1 unspecified atom stereocenters. The van der Waals surface area contributed by atoms with Gasteiger partial charge >= 0.3 is 5.97 Å². The molecule has 6 N–H and O–H groups in total. The number of quaternary nitrogens is 1. The number of carbonyl (C=O) groups is 1. The fourth-order valence-electron chi connectivity index (χ4n) is 0.904. The predicted octanol–water partition coefficient (Wildman–Crippen LogP) is -3.55. The Morgan fingerprint density at radius 2 is 2.00 bits per heavy atom. The molecule has 0 aromatic rings. The number of aliphatic carboxylic acids is 1. The van der Waals surface area contributed by atoms with Crippen molar-refractivity contribution in [3.8, 4) is 0 Å². The molecule has 0 aliphatic carbocycles. The molecule has 0 bridgehead atoms. The second-order valence-electron chi connectivity index (χ2n) is 2.96. The second kappa shape index (κ2) is 6.92. The SMILES string of the molecule is NC(CCCC[NH3+])(C(=O)O)C(F)F.[Cl-]. The maximum atomic E-state index is 12.2. The van der Waals surface area contributed by atoms with Crippen molar-refractivity contribution < 1.29 is 36.8 Å². The van der Waals surface area contributed by atoms with Crippen LogP contribution in [0.4, 0.5) is 8.78 Å². The number of rotatable bonds is 6. The van der Waals surface area contributed by atoms with E-state index < -0.39 is 17.9 Å². The number of carboxylic acids is 1. The van der Waals surface area contributed by atoms with Crippen LogP contribution >= 0.6 is 0 Å². The summed E-state index contributed by atoms with van der Waals surface area (Å²) in [5.41, 5.74) is 6.18. The number of hydrogen-bond acceptors (Lipinski definition) is 2. The molecular formula is C7H15ClF2N2O2. The number of nitrogens with two attached hydrogens (primary N) is 1. The molecule has 14 heavy (non-hydrogen) atoms. The Morgan fingerprint density at radius 1 is 1.50 bits per heavy atom. The molecule has 0 radical (unpaired) electrons. The molecular weight excluding hydrogens is 218 g/mol. The molecule has 4 nitrogen and oxygen atoms in total. The van der Waals surface area contributed by atoms with E-state index in [1.54, 1.807) is 0 Å². The van der Waals surface area contributed by atoms with Crippen LogP contribution < -0.4 is 23.9 Å². The van der Waals surface area contributed by atoms with Gasteiger partial charge in [0.2, 0.25) is 0 Å². The molecule has 0 aliphatic heterocycles. The van der Waals surface area contributed by atoms with Crippen LogP contribution in [0.2, 0.25) is 0 Å². The van der Waals surface area contributed by atoms with E-state index in [1.165, 1.54) is 0 Å². The third-order valence-electron chi connectivity index (χ3n) is 1.88. The quantitative estimate of drug-likeness (QED) is 0.414. The van der Waals surface area contributed by atoms with Crippen LogP contribution in [-0.2, 0) is 4.79 Å². The average molecular weight is 233 g/mol. The molecule has 0 aromatic carbocycles. The minimum Gasteiger partial charge on any atom is -1.00 e. The van der Waals surface area contributed by atoms with Crippen molar-refractivity contribution in [2.24, 2.45) is 5.73 Å². The monoisotopic (exact) mass is 232 g/mol. The maximum Gasteiger partial charge on any atom is 0.329 e. The average Bonchev–Trinajstić information content (AvgIpc) is 2.03. The van der Waals surface area contributed by atoms with E-state index in [4.69, 9.17) is 10.8 Å². The molecule has 0 amide bonds. The summed E-state index contributed by atoms with van der Waals surface area (Å²) in [6.45, 7) is 0.596. The molecule has 0 saturated heterocycles. The van der Waals surface area contributed by atoms with Gasteiger partial charge in [0.15, 0.2) is 5.54 Å². The normalized spacial score (nSPS) is 14.6. The Bertz CT molecular complexity index is 183. The lowest BCUT2D eigenvalue weighted by Gasteiger charge is -2.22. The zero-order valence-electron chi connectivity index (χ0n) is 7.68. The highest BCUT2D eigenvalue weighted by Crippen LogP contribution is 2.19. The van der Waals surface area contributed by atoms with E-state index in [2.05, 4.69) is 5.73 Å². The van der Waals surface area contributed by atoms with Crippen LogP contribution in [0.5, 0.6) is 0 Å². The van der Waals surface area contributed by atoms with Gasteiger partial charge in [0, 0.05) is 0 Å². The maximum absolute atomic E-state index is 12.2. The second-order valence-corrected chi connectivity index (χ2v) is 2.96. The fraction of sp³-hybridized carbons (Fsp3) is 0.857. The van der Waals surface area contributed by atoms with Gasteiger partial charge in [0.25, 0.3) is 6.43 Å². The Balaban J connectivity index is 0. The summed E-state index contributed by atoms with van der Waals surface area (Å²) in [5.74, 6) is -1.65. The van der Waals surface area contributed by atoms with Crippen LogP contribution in [0.3, 0.4) is 0 Å². The van der Waals surface area contributed by atoms with Gasteiger partial charge in [-0.2, -0.15) is 0 Å². The largest absolute Gasteiger partial charge is 1.00 e. The number of carboxylic acid groups (broad SMARTS) is 1. The Kier molecular flexibility index (Phi) is 7.90. The van der Waals surface area contributed by atoms with Gasteiger partial charge in [-0.15, -0.1) is 0 Å². The Hall–Kier alpha value is -0.460. The predicted molar refractivity (Wildman–Crippen MR) is 42.2 cm³/mol. The van der Waals surface area contributed by atoms with Crippen molar-refractivity contribution in [1.29, 1.82) is 0 Å². The van der Waals surface area contributed by atoms with Crippen molar-refractivity contribution in [3.63, 3.8) is 0 Å². The zero-order valence-corrected chi connectivity index (χ0v) is 8.44. The summed E-state index contributed by atoms with van der Waals surface area (Å²) in [6, 6.07) is 0. The Labute approximate surface area is 87.0 Å². The molecule has 0 aromatic heterocycles. The van der Waals surface area contributed by atoms with Crippen LogP contribution in [-0.4, -0.2) is 29.6 Å². The molecule has 0 saturated carbocycles. The highest BCUT2D eigenvalue weighted by molar-refractivity contribution is 5.79. The van der Waals surface area contributed by atoms with Crippen LogP contribution in [0.1, 0.15) is 19.3 Å². The van der Waals surface area contributed by atoms with E-state index in [0.717, 1.165) is 0 Å². The zero-order chi connectivity index (χ0) is 10.5. The van der Waals surface area contributed by atoms with Gasteiger partial charge in [-0.3, -0.25) is 0 Å². The van der Waals surface area contributed by atoms with Crippen LogP contribution in [0, 0.1) is 0 Å². The molecule has 0 spiro atoms. The first-order chi connectivity index (χ1) is 5.95. The van der Waals surface area contributed by atoms with Crippen molar-refractivity contribution in [1.82, 2.24) is 0 Å². The first kappa shape index (κ1) is 16.0. The first-order valence-electron chi connectivity index (χ1n) is 4.05. The van der Waals surface area contributed by atoms with E-state index in [0.29, 0.717) is 19.4 Å². The van der Waals surface area contributed by atoms with Gasteiger partial charge in [-0.1, -0.05) is 0 Å². The third-order valence-corrected chi connectivity index (χ3v) is 1.88. The Morgan fingerprint density at radius 3 is 2.29 bits per heavy atom. The topological polar surface area (TPSA) is 91.0 Å². The molecule has 86 valence electrons. The standard InChI is InChI=1S/C7H14F2N2O2.ClH/c8-5(9)7(11,6(12)13)3-1-2-4-10;/h5H,1-4,10-11H2,(H,12,13);1H. The lowest BCUT2D eigenvalue weighted by Crippen LogP contribution is -3.00. The third kappa shape index (κ3) is 4.17. The van der Waals surface area contributed by atoms with Crippen molar-refractivity contribution in [2.75, 3.05) is 6.54 Å². The van der Waals surface area contributed by atoms with Gasteiger partial charge in [0.1, 0.15) is 0 Å². The lowest BCUT2D eigenvalue weighted by molar-refractivity contribution is -0.368. The first-order valence-corrected chi connectivity index (χ1v) is 4.05. The van der Waals surface area contributed by atoms with E-state index in [1.807, 2.05) is 0 Å². The van der Waals surface area contributed by atoms with E-state index in [-0.39, 0.29) is 18.8 Å². The molecule has 1 atom stereocenters. The molecule has 0 rings (SSSR count). The smallest absolute Gasteiger partial charge is 0.329 e. The summed E-state index contributed by atoms with van der Waals surface area (Å²) in [6.07, 6.45) is -2.28. The van der Waals surface area contributed by atoms with Gasteiger partial charge in [0.05, 0.1) is 6.54 Å². The number of unbranched alkanes of at least 4 members (excludes halogenated alkanes) is 1. The summed E-state index contributed by atoms with van der Waals surface area (Å²) in [5, 5.41) is 8.48. The molecule has 0 aliphatic rings. The van der Waals surface area contributed by atoms with Crippen LogP contribution in [0.15, 0.2) is 0 Å². The van der Waals surface area contributed by atoms with Crippen molar-refractivity contribution in [2.45, 2.75) is 31.2 Å². The highest BCUT2D eigenvalue weighted by Gasteiger charge is 2.43. The number of halogens is 3. The van der Waals surface area contributed by atoms with Crippen molar-refractivity contribution in [3.05, 3.63) is 0 Å². The highest BCUT2D eigenvalue weighted by atomic mass is 35.5. The van der Waals surface area contributed by atoms with Gasteiger partial charge < -0.3 is 29.0 Å². The summed E-state index contributed by atoms with van der Waals surface area (Å²) in [4.78, 5) is 10.4. The summed E-state index contributed by atoms with van der Waals surface area (Å²) in [7, 11) is 0. The van der Waals surface area contributed by atoms with E-state index >= 15 is 0 Å². The van der Waals surface area contributed by atoms with Gasteiger partial charge in [-0.25, -0.2) is 13.6 Å². The minimum atomic E-state index is -3.03. The molecule has 7 heteroatoms. The lowest BCUT2D eigenvalue weighted by atomic mass is 9.94. The fourth-order valence-corrected chi connectivity index (χ4v) is 0.904. The summed E-state index contributed by atoms with van der Waals surface area (Å²) < 4.78 is 24.5. The van der Waals surface area contributed by atoms with Crippen molar-refractivity contribution >= 4 is 5.97 Å². The van der Waals surface area contributed by atoms with Gasteiger partial charge in [-0.05, 0) is 19.3 Å². The van der Waals surface area contributed by atoms with Crippen LogP contribution in [0.25, 0.3) is 0 Å². The number of alkyl halides is 2.